The minimum atomic E-state index is -0.0479. The van der Waals surface area contributed by atoms with Gasteiger partial charge in [-0.3, -0.25) is 9.59 Å². The third-order valence-corrected chi connectivity index (χ3v) is 5.80. The predicted octanol–water partition coefficient (Wildman–Crippen LogP) is 4.29. The fourth-order valence-corrected chi connectivity index (χ4v) is 4.18. The summed E-state index contributed by atoms with van der Waals surface area (Å²) in [5.41, 5.74) is 3.42. The van der Waals surface area contributed by atoms with Gasteiger partial charge in [0.25, 0.3) is 11.5 Å². The maximum atomic E-state index is 12.9. The highest BCUT2D eigenvalue weighted by molar-refractivity contribution is 6.07. The third-order valence-electron chi connectivity index (χ3n) is 5.80. The van der Waals surface area contributed by atoms with Gasteiger partial charge in [-0.2, -0.15) is 0 Å². The maximum absolute atomic E-state index is 12.9. The number of aromatic nitrogens is 1. The van der Waals surface area contributed by atoms with E-state index in [0.29, 0.717) is 12.1 Å². The number of pyridine rings is 1. The number of fused-ring (bicyclic) bond motifs is 1. The Hall–Kier alpha value is -3.08. The highest BCUT2D eigenvalue weighted by Gasteiger charge is 2.19. The summed E-state index contributed by atoms with van der Waals surface area (Å²) in [6.45, 7) is 4.54. The van der Waals surface area contributed by atoms with Crippen molar-refractivity contribution in [1.29, 1.82) is 0 Å². The van der Waals surface area contributed by atoms with Crippen molar-refractivity contribution in [2.45, 2.75) is 32.7 Å². The average Bonchev–Trinajstić information content (AvgIpc) is 2.78. The summed E-state index contributed by atoms with van der Waals surface area (Å²) >= 11 is 0. The summed E-state index contributed by atoms with van der Waals surface area (Å²) in [7, 11) is 1.80. The number of rotatable bonds is 4. The van der Waals surface area contributed by atoms with Gasteiger partial charge in [-0.25, -0.2) is 0 Å². The lowest BCUT2D eigenvalue weighted by Gasteiger charge is -2.30. The Balaban J connectivity index is 1.82. The number of carbonyl (C=O) groups excluding carboxylic acids is 1. The van der Waals surface area contributed by atoms with Crippen LogP contribution in [0.3, 0.4) is 0 Å². The van der Waals surface area contributed by atoms with E-state index in [1.807, 2.05) is 55.5 Å². The first-order chi connectivity index (χ1) is 14.1. The van der Waals surface area contributed by atoms with E-state index < -0.39 is 0 Å². The number of amides is 1. The van der Waals surface area contributed by atoms with Crippen molar-refractivity contribution >= 4 is 28.2 Å². The molecule has 2 aromatic carbocycles. The minimum absolute atomic E-state index is 0.0297. The van der Waals surface area contributed by atoms with Gasteiger partial charge in [0.15, 0.2) is 0 Å². The number of piperidine rings is 1. The number of nitrogens with zero attached hydrogens (tertiary/aromatic N) is 3. The van der Waals surface area contributed by atoms with Gasteiger partial charge in [0, 0.05) is 49.4 Å². The molecule has 5 nitrogen and oxygen atoms in total. The van der Waals surface area contributed by atoms with Crippen LogP contribution < -0.4 is 15.4 Å². The summed E-state index contributed by atoms with van der Waals surface area (Å²) < 4.78 is 1.80. The topological polar surface area (TPSA) is 45.6 Å². The zero-order valence-electron chi connectivity index (χ0n) is 17.1. The zero-order chi connectivity index (χ0) is 20.4. The zero-order valence-corrected chi connectivity index (χ0v) is 17.1. The van der Waals surface area contributed by atoms with Crippen LogP contribution in [0.15, 0.2) is 59.4 Å². The number of hydrogen-bond donors (Lipinski definition) is 0. The molecule has 3 aromatic rings. The molecule has 1 aromatic heterocycles. The molecule has 0 bridgehead atoms. The lowest BCUT2D eigenvalue weighted by Crippen LogP contribution is -2.32. The molecule has 0 radical (unpaired) electrons. The summed E-state index contributed by atoms with van der Waals surface area (Å²) in [6.07, 6.45) is 3.52. The van der Waals surface area contributed by atoms with Gasteiger partial charge >= 0.3 is 0 Å². The highest BCUT2D eigenvalue weighted by atomic mass is 16.2. The minimum Gasteiger partial charge on any atom is -0.371 e. The summed E-state index contributed by atoms with van der Waals surface area (Å²) in [4.78, 5) is 29.6. The van der Waals surface area contributed by atoms with E-state index in [9.17, 15) is 9.59 Å². The number of hydrogen-bond acceptors (Lipinski definition) is 3. The van der Waals surface area contributed by atoms with Crippen LogP contribution in [0.4, 0.5) is 11.4 Å². The molecule has 0 saturated carbocycles. The highest BCUT2D eigenvalue weighted by Crippen LogP contribution is 2.31. The molecule has 1 saturated heterocycles. The van der Waals surface area contributed by atoms with Gasteiger partial charge < -0.3 is 14.4 Å². The van der Waals surface area contributed by atoms with Crippen molar-refractivity contribution in [1.82, 2.24) is 4.57 Å². The van der Waals surface area contributed by atoms with Gasteiger partial charge in [0.2, 0.25) is 0 Å². The van der Waals surface area contributed by atoms with E-state index in [1.165, 1.54) is 6.42 Å². The second-order valence-corrected chi connectivity index (χ2v) is 7.59. The van der Waals surface area contributed by atoms with Crippen molar-refractivity contribution in [2.24, 2.45) is 0 Å². The molecule has 0 atom stereocenters. The third kappa shape index (κ3) is 3.65. The molecule has 0 aliphatic carbocycles. The van der Waals surface area contributed by atoms with Crippen LogP contribution in [0.25, 0.3) is 10.9 Å². The fourth-order valence-electron chi connectivity index (χ4n) is 4.18. The number of anilines is 2. The molecular weight excluding hydrogens is 362 g/mol. The van der Waals surface area contributed by atoms with E-state index in [2.05, 4.69) is 4.90 Å². The molecule has 1 fully saturated rings. The van der Waals surface area contributed by atoms with Crippen LogP contribution in [0.1, 0.15) is 36.5 Å². The Bertz CT molecular complexity index is 1080. The molecule has 4 rings (SSSR count). The van der Waals surface area contributed by atoms with Gasteiger partial charge in [-0.1, -0.05) is 18.2 Å². The smallest absolute Gasteiger partial charge is 0.258 e. The average molecular weight is 389 g/mol. The van der Waals surface area contributed by atoms with Crippen LogP contribution >= 0.6 is 0 Å². The molecule has 1 aliphatic rings. The molecule has 150 valence electrons. The standard InChI is InChI=1S/C24H27N3O2/c1-3-27-21-13-12-19(25(2)24(29)18-10-6-4-7-11-18)16-20(21)22(17-23(27)28)26-14-8-5-9-15-26/h4,6-7,10-13,16-17H,3,5,8-9,14-15H2,1-2H3. The Morgan fingerprint density at radius 2 is 1.72 bits per heavy atom. The van der Waals surface area contributed by atoms with Crippen molar-refractivity contribution in [2.75, 3.05) is 29.9 Å². The predicted molar refractivity (Wildman–Crippen MR) is 119 cm³/mol. The lowest BCUT2D eigenvalue weighted by molar-refractivity contribution is 0.0993. The largest absolute Gasteiger partial charge is 0.371 e. The van der Waals surface area contributed by atoms with Crippen LogP contribution in [0, 0.1) is 0 Å². The first kappa shape index (κ1) is 19.2. The van der Waals surface area contributed by atoms with Gasteiger partial charge in [-0.05, 0) is 56.5 Å². The number of carbonyl (C=O) groups is 1. The van der Waals surface area contributed by atoms with E-state index in [4.69, 9.17) is 0 Å². The van der Waals surface area contributed by atoms with Crippen molar-refractivity contribution < 1.29 is 4.79 Å². The van der Waals surface area contributed by atoms with Gasteiger partial charge in [-0.15, -0.1) is 0 Å². The molecule has 5 heteroatoms. The second kappa shape index (κ2) is 8.11. The monoisotopic (exact) mass is 389 g/mol. The second-order valence-electron chi connectivity index (χ2n) is 7.59. The molecule has 0 unspecified atom stereocenters. The Morgan fingerprint density at radius 3 is 2.41 bits per heavy atom. The fraction of sp³-hybridized carbons (Fsp3) is 0.333. The molecule has 1 aliphatic heterocycles. The Labute approximate surface area is 171 Å². The van der Waals surface area contributed by atoms with Crippen LogP contribution in [0.5, 0.6) is 0 Å². The number of benzene rings is 2. The summed E-state index contributed by atoms with van der Waals surface area (Å²) in [5.74, 6) is -0.0479. The molecule has 2 heterocycles. The first-order valence-corrected chi connectivity index (χ1v) is 10.4. The SMILES string of the molecule is CCn1c(=O)cc(N2CCCCC2)c2cc(N(C)C(=O)c3ccccc3)ccc21. The summed E-state index contributed by atoms with van der Waals surface area (Å²) in [5, 5.41) is 1.03. The molecule has 0 spiro atoms. The van der Waals surface area contributed by atoms with Crippen molar-refractivity contribution in [3.05, 3.63) is 70.5 Å². The molecule has 1 amide bonds. The quantitative estimate of drug-likeness (QED) is 0.669. The van der Waals surface area contributed by atoms with Crippen LogP contribution in [0.2, 0.25) is 0 Å². The Morgan fingerprint density at radius 1 is 1.00 bits per heavy atom. The molecule has 29 heavy (non-hydrogen) atoms. The Kier molecular flexibility index (Phi) is 5.38. The summed E-state index contributed by atoms with van der Waals surface area (Å²) in [6, 6.07) is 17.0. The van der Waals surface area contributed by atoms with E-state index in [-0.39, 0.29) is 11.5 Å². The van der Waals surface area contributed by atoms with Crippen molar-refractivity contribution in [3.63, 3.8) is 0 Å². The first-order valence-electron chi connectivity index (χ1n) is 10.4. The van der Waals surface area contributed by atoms with E-state index in [0.717, 1.165) is 48.2 Å². The van der Waals surface area contributed by atoms with Gasteiger partial charge in [0.1, 0.15) is 0 Å². The maximum Gasteiger partial charge on any atom is 0.258 e. The normalized spacial score (nSPS) is 14.2. The van der Waals surface area contributed by atoms with E-state index >= 15 is 0 Å². The van der Waals surface area contributed by atoms with Crippen LogP contribution in [-0.4, -0.2) is 30.6 Å². The molecular formula is C24H27N3O2. The molecule has 0 N–H and O–H groups in total. The number of aryl methyl sites for hydroxylation is 1. The lowest BCUT2D eigenvalue weighted by atomic mass is 10.1. The van der Waals surface area contributed by atoms with Crippen LogP contribution in [-0.2, 0) is 6.54 Å². The van der Waals surface area contributed by atoms with E-state index in [1.54, 1.807) is 22.6 Å². The van der Waals surface area contributed by atoms with Gasteiger partial charge in [0.05, 0.1) is 11.2 Å². The van der Waals surface area contributed by atoms with Crippen molar-refractivity contribution in [3.8, 4) is 0 Å².